The van der Waals surface area contributed by atoms with Crippen molar-refractivity contribution in [2.75, 3.05) is 5.32 Å². The molecule has 142 valence electrons. The first-order valence-corrected chi connectivity index (χ1v) is 9.14. The van der Waals surface area contributed by atoms with Gasteiger partial charge in [-0.3, -0.25) is 0 Å². The van der Waals surface area contributed by atoms with Crippen LogP contribution >= 0.6 is 0 Å². The molecule has 0 bridgehead atoms. The molecule has 5 heteroatoms. The van der Waals surface area contributed by atoms with Gasteiger partial charge in [0.1, 0.15) is 6.10 Å². The average Bonchev–Trinajstić information content (AvgIpc) is 2.92. The van der Waals surface area contributed by atoms with Gasteiger partial charge in [0, 0.05) is 12.1 Å². The van der Waals surface area contributed by atoms with Crippen molar-refractivity contribution in [3.63, 3.8) is 0 Å². The van der Waals surface area contributed by atoms with E-state index in [0.29, 0.717) is 5.69 Å². The van der Waals surface area contributed by atoms with Gasteiger partial charge in [-0.05, 0) is 56.5 Å². The quantitative estimate of drug-likeness (QED) is 0.637. The Labute approximate surface area is 159 Å². The summed E-state index contributed by atoms with van der Waals surface area (Å²) in [6.07, 6.45) is -0.662. The minimum atomic E-state index is -1.56. The van der Waals surface area contributed by atoms with Crippen LogP contribution in [0.5, 0.6) is 0 Å². The van der Waals surface area contributed by atoms with Crippen molar-refractivity contribution in [2.45, 2.75) is 51.9 Å². The highest BCUT2D eigenvalue weighted by Gasteiger charge is 2.57. The molecule has 0 radical (unpaired) electrons. The zero-order chi connectivity index (χ0) is 19.6. The van der Waals surface area contributed by atoms with Gasteiger partial charge >= 0.3 is 11.9 Å². The Morgan fingerprint density at radius 1 is 1.15 bits per heavy atom. The minimum Gasteiger partial charge on any atom is -0.461 e. The normalized spacial score (nSPS) is 21.8. The van der Waals surface area contributed by atoms with E-state index in [2.05, 4.69) is 5.32 Å². The highest BCUT2D eigenvalue weighted by Crippen LogP contribution is 2.39. The lowest BCUT2D eigenvalue weighted by molar-refractivity contribution is -0.159. The molecule has 1 saturated heterocycles. The van der Waals surface area contributed by atoms with E-state index in [1.165, 1.54) is 0 Å². The van der Waals surface area contributed by atoms with Crippen molar-refractivity contribution in [1.82, 2.24) is 0 Å². The van der Waals surface area contributed by atoms with E-state index in [1.54, 1.807) is 13.8 Å². The van der Waals surface area contributed by atoms with Crippen LogP contribution in [-0.2, 0) is 19.1 Å². The second-order valence-electron chi connectivity index (χ2n) is 7.37. The van der Waals surface area contributed by atoms with E-state index < -0.39 is 23.6 Å². The maximum Gasteiger partial charge on any atom is 0.344 e. The monoisotopic (exact) mass is 367 g/mol. The summed E-state index contributed by atoms with van der Waals surface area (Å²) in [4.78, 5) is 25.8. The Kier molecular flexibility index (Phi) is 5.22. The molecule has 1 N–H and O–H groups in total. The first-order chi connectivity index (χ1) is 12.8. The smallest absolute Gasteiger partial charge is 0.344 e. The lowest BCUT2D eigenvalue weighted by Gasteiger charge is -2.26. The number of hydrogen-bond acceptors (Lipinski definition) is 5. The van der Waals surface area contributed by atoms with Gasteiger partial charge in [0.15, 0.2) is 0 Å². The van der Waals surface area contributed by atoms with Gasteiger partial charge in [0.2, 0.25) is 5.54 Å². The third-order valence-corrected chi connectivity index (χ3v) is 4.53. The molecule has 2 aromatic rings. The van der Waals surface area contributed by atoms with E-state index in [1.807, 2.05) is 62.4 Å². The molecule has 0 aliphatic carbocycles. The molecule has 1 fully saturated rings. The fourth-order valence-corrected chi connectivity index (χ4v) is 3.41. The van der Waals surface area contributed by atoms with Crippen LogP contribution in [0.15, 0.2) is 48.5 Å². The first kappa shape index (κ1) is 19.0. The molecule has 0 amide bonds. The van der Waals surface area contributed by atoms with Gasteiger partial charge in [-0.15, -0.1) is 0 Å². The van der Waals surface area contributed by atoms with E-state index in [9.17, 15) is 9.59 Å². The molecule has 2 atom stereocenters. The number of anilines is 1. The van der Waals surface area contributed by atoms with Crippen LogP contribution in [0, 0.1) is 13.8 Å². The van der Waals surface area contributed by atoms with Gasteiger partial charge in [0.05, 0.1) is 6.10 Å². The van der Waals surface area contributed by atoms with Gasteiger partial charge in [-0.25, -0.2) is 9.59 Å². The molecular weight excluding hydrogens is 342 g/mol. The Bertz CT molecular complexity index is 826. The van der Waals surface area contributed by atoms with Crippen LogP contribution in [0.25, 0.3) is 0 Å². The van der Waals surface area contributed by atoms with Crippen LogP contribution in [0.2, 0.25) is 0 Å². The van der Waals surface area contributed by atoms with Crippen molar-refractivity contribution in [1.29, 1.82) is 0 Å². The van der Waals surface area contributed by atoms with Gasteiger partial charge in [0.25, 0.3) is 0 Å². The number of cyclic esters (lactones) is 1. The Balaban J connectivity index is 1.98. The molecule has 0 unspecified atom stereocenters. The molecule has 1 aliphatic rings. The van der Waals surface area contributed by atoms with Gasteiger partial charge in [-0.1, -0.05) is 36.4 Å². The highest BCUT2D eigenvalue weighted by atomic mass is 16.6. The number of benzene rings is 2. The highest BCUT2D eigenvalue weighted by molar-refractivity contribution is 6.09. The van der Waals surface area contributed by atoms with Crippen molar-refractivity contribution in [3.05, 3.63) is 65.2 Å². The van der Waals surface area contributed by atoms with Crippen LogP contribution in [-0.4, -0.2) is 23.6 Å². The number of carbonyl (C=O) groups excluding carboxylic acids is 2. The van der Waals surface area contributed by atoms with E-state index in [0.717, 1.165) is 16.7 Å². The molecular formula is C22H25NO4. The number of nitrogens with one attached hydrogen (secondary N) is 1. The number of ether oxygens (including phenoxy) is 2. The third-order valence-electron chi connectivity index (χ3n) is 4.53. The first-order valence-electron chi connectivity index (χ1n) is 9.14. The van der Waals surface area contributed by atoms with Gasteiger partial charge in [-0.2, -0.15) is 0 Å². The predicted molar refractivity (Wildman–Crippen MR) is 103 cm³/mol. The van der Waals surface area contributed by atoms with Crippen molar-refractivity contribution >= 4 is 17.6 Å². The minimum absolute atomic E-state index is 0.175. The molecule has 27 heavy (non-hydrogen) atoms. The standard InChI is InChI=1S/C22H25NO4/c1-14(2)26-20(24)22(23-18-11-15(3)10-16(4)12-18)13-19(27-21(22)25)17-8-6-5-7-9-17/h5-12,14,19,23H,13H2,1-4H3/t19-,22-/m1/s1. The summed E-state index contributed by atoms with van der Waals surface area (Å²) in [6, 6.07) is 15.3. The molecule has 0 aromatic heterocycles. The van der Waals surface area contributed by atoms with E-state index in [4.69, 9.17) is 9.47 Å². The predicted octanol–water partition coefficient (Wildman–Crippen LogP) is 4.09. The molecule has 2 aromatic carbocycles. The largest absolute Gasteiger partial charge is 0.461 e. The lowest BCUT2D eigenvalue weighted by atomic mass is 9.91. The number of hydrogen-bond donors (Lipinski definition) is 1. The fourth-order valence-electron chi connectivity index (χ4n) is 3.41. The molecule has 0 spiro atoms. The summed E-state index contributed by atoms with van der Waals surface area (Å²) in [6.45, 7) is 7.46. The summed E-state index contributed by atoms with van der Waals surface area (Å²) in [5.74, 6) is -1.22. The maximum atomic E-state index is 13.0. The van der Waals surface area contributed by atoms with Crippen molar-refractivity contribution < 1.29 is 19.1 Å². The Morgan fingerprint density at radius 2 is 1.78 bits per heavy atom. The topological polar surface area (TPSA) is 64.6 Å². The second kappa shape index (κ2) is 7.43. The number of rotatable bonds is 5. The molecule has 5 nitrogen and oxygen atoms in total. The zero-order valence-electron chi connectivity index (χ0n) is 16.1. The number of aryl methyl sites for hydroxylation is 2. The van der Waals surface area contributed by atoms with Crippen molar-refractivity contribution in [3.8, 4) is 0 Å². The summed E-state index contributed by atoms with van der Waals surface area (Å²) in [5, 5.41) is 3.14. The molecule has 3 rings (SSSR count). The van der Waals surface area contributed by atoms with Crippen LogP contribution in [0.4, 0.5) is 5.69 Å². The fraction of sp³-hybridized carbons (Fsp3) is 0.364. The summed E-state index contributed by atoms with van der Waals surface area (Å²) >= 11 is 0. The number of carbonyl (C=O) groups is 2. The second-order valence-corrected chi connectivity index (χ2v) is 7.37. The third kappa shape index (κ3) is 3.97. The van der Waals surface area contributed by atoms with Gasteiger partial charge < -0.3 is 14.8 Å². The lowest BCUT2D eigenvalue weighted by Crippen LogP contribution is -2.52. The van der Waals surface area contributed by atoms with Crippen molar-refractivity contribution in [2.24, 2.45) is 0 Å². The summed E-state index contributed by atoms with van der Waals surface area (Å²) in [7, 11) is 0. The Hall–Kier alpha value is -2.82. The summed E-state index contributed by atoms with van der Waals surface area (Å²) < 4.78 is 11.0. The molecule has 1 aliphatic heterocycles. The number of esters is 2. The maximum absolute atomic E-state index is 13.0. The van der Waals surface area contributed by atoms with Crippen LogP contribution in [0.3, 0.4) is 0 Å². The SMILES string of the molecule is Cc1cc(C)cc(N[C@@]2(C(=O)OC(C)C)C[C@H](c3ccccc3)OC2=O)c1. The summed E-state index contributed by atoms with van der Waals surface area (Å²) in [5.41, 5.74) is 2.06. The molecule has 1 heterocycles. The van der Waals surface area contributed by atoms with E-state index >= 15 is 0 Å². The molecule has 0 saturated carbocycles. The van der Waals surface area contributed by atoms with Crippen LogP contribution < -0.4 is 5.32 Å². The zero-order valence-corrected chi connectivity index (χ0v) is 16.1. The van der Waals surface area contributed by atoms with E-state index in [-0.39, 0.29) is 12.5 Å². The van der Waals surface area contributed by atoms with Crippen LogP contribution in [0.1, 0.15) is 43.1 Å². The Morgan fingerprint density at radius 3 is 2.37 bits per heavy atom. The average molecular weight is 367 g/mol.